The average Bonchev–Trinajstić information content (AvgIpc) is 3.06. The molecule has 2 heterocycles. The minimum absolute atomic E-state index is 0.0159. The van der Waals surface area contributed by atoms with Gasteiger partial charge in [-0.15, -0.1) is 0 Å². The van der Waals surface area contributed by atoms with Gasteiger partial charge >= 0.3 is 0 Å². The first-order valence-electron chi connectivity index (χ1n) is 13.7. The molecule has 0 radical (unpaired) electrons. The Kier molecular flexibility index (Phi) is 9.41. The van der Waals surface area contributed by atoms with Gasteiger partial charge in [-0.2, -0.15) is 0 Å². The SMILES string of the molecule is CC(C)(CCOC(C)(C)CCNC(=O)COC(C)(C)C)Nc1ccc2c(c1)C(=O)N(C1CCC(=O)NC1=O)C2=O. The molecule has 2 aliphatic heterocycles. The molecular weight excluding hydrogens is 516 g/mol. The summed E-state index contributed by atoms with van der Waals surface area (Å²) in [4.78, 5) is 62.7. The number of nitrogens with zero attached hydrogens (tertiary/aromatic N) is 1. The molecular formula is C29H42N4O7. The molecule has 1 aromatic carbocycles. The third-order valence-corrected chi connectivity index (χ3v) is 6.83. The Morgan fingerprint density at radius 2 is 1.65 bits per heavy atom. The zero-order chi connectivity index (χ0) is 29.9. The largest absolute Gasteiger partial charge is 0.380 e. The molecule has 0 aliphatic carbocycles. The second-order valence-corrected chi connectivity index (χ2v) is 12.6. The number of carbonyl (C=O) groups is 5. The van der Waals surface area contributed by atoms with Crippen molar-refractivity contribution in [2.45, 2.75) is 96.9 Å². The molecule has 3 rings (SSSR count). The number of ether oxygens (including phenoxy) is 2. The van der Waals surface area contributed by atoms with Gasteiger partial charge in [-0.3, -0.25) is 34.2 Å². The highest BCUT2D eigenvalue weighted by atomic mass is 16.5. The lowest BCUT2D eigenvalue weighted by Crippen LogP contribution is -2.54. The van der Waals surface area contributed by atoms with Gasteiger partial charge in [-0.05, 0) is 85.9 Å². The maximum absolute atomic E-state index is 13.1. The van der Waals surface area contributed by atoms with Gasteiger partial charge in [0.15, 0.2) is 0 Å². The lowest BCUT2D eigenvalue weighted by molar-refractivity contribution is -0.136. The van der Waals surface area contributed by atoms with Crippen LogP contribution in [0.25, 0.3) is 0 Å². The Labute approximate surface area is 235 Å². The summed E-state index contributed by atoms with van der Waals surface area (Å²) in [6.07, 6.45) is 1.47. The fourth-order valence-corrected chi connectivity index (χ4v) is 4.49. The van der Waals surface area contributed by atoms with Crippen LogP contribution in [-0.2, 0) is 23.9 Å². The normalized spacial score (nSPS) is 18.1. The molecule has 220 valence electrons. The molecule has 3 N–H and O–H groups in total. The number of hydrogen-bond acceptors (Lipinski definition) is 8. The fraction of sp³-hybridized carbons (Fsp3) is 0.621. The van der Waals surface area contributed by atoms with E-state index in [0.29, 0.717) is 31.7 Å². The summed E-state index contributed by atoms with van der Waals surface area (Å²) in [5.74, 6) is -2.28. The van der Waals surface area contributed by atoms with Crippen molar-refractivity contribution in [3.05, 3.63) is 29.3 Å². The molecule has 2 aliphatic rings. The van der Waals surface area contributed by atoms with Gasteiger partial charge in [0, 0.05) is 30.8 Å². The Morgan fingerprint density at radius 1 is 0.975 bits per heavy atom. The van der Waals surface area contributed by atoms with E-state index in [1.165, 1.54) is 0 Å². The van der Waals surface area contributed by atoms with E-state index in [-0.39, 0.29) is 42.1 Å². The molecule has 0 spiro atoms. The maximum atomic E-state index is 13.1. The molecule has 11 heteroatoms. The van der Waals surface area contributed by atoms with Crippen LogP contribution in [0.1, 0.15) is 94.9 Å². The van der Waals surface area contributed by atoms with Crippen LogP contribution < -0.4 is 16.0 Å². The zero-order valence-electron chi connectivity index (χ0n) is 24.6. The first-order chi connectivity index (χ1) is 18.5. The van der Waals surface area contributed by atoms with Crippen LogP contribution in [0.4, 0.5) is 5.69 Å². The topological polar surface area (TPSA) is 143 Å². The number of piperidine rings is 1. The third kappa shape index (κ3) is 8.34. The second kappa shape index (κ2) is 12.1. The Balaban J connectivity index is 1.50. The predicted molar refractivity (Wildman–Crippen MR) is 149 cm³/mol. The summed E-state index contributed by atoms with van der Waals surface area (Å²) >= 11 is 0. The van der Waals surface area contributed by atoms with Crippen LogP contribution in [0.15, 0.2) is 18.2 Å². The number of rotatable bonds is 12. The number of nitrogens with one attached hydrogen (secondary N) is 3. The molecule has 11 nitrogen and oxygen atoms in total. The number of anilines is 1. The summed E-state index contributed by atoms with van der Waals surface area (Å²) in [5, 5.41) is 8.46. The molecule has 0 saturated carbocycles. The monoisotopic (exact) mass is 558 g/mol. The molecule has 1 fully saturated rings. The molecule has 5 amide bonds. The molecule has 40 heavy (non-hydrogen) atoms. The molecule has 1 unspecified atom stereocenters. The predicted octanol–water partition coefficient (Wildman–Crippen LogP) is 2.79. The smallest absolute Gasteiger partial charge is 0.262 e. The summed E-state index contributed by atoms with van der Waals surface area (Å²) in [6, 6.07) is 3.94. The van der Waals surface area contributed by atoms with E-state index >= 15 is 0 Å². The number of hydrogen-bond donors (Lipinski definition) is 3. The highest BCUT2D eigenvalue weighted by Gasteiger charge is 2.44. The van der Waals surface area contributed by atoms with Crippen molar-refractivity contribution in [2.75, 3.05) is 25.1 Å². The molecule has 1 saturated heterocycles. The number of imide groups is 2. The van der Waals surface area contributed by atoms with Crippen LogP contribution in [0, 0.1) is 0 Å². The zero-order valence-corrected chi connectivity index (χ0v) is 24.6. The van der Waals surface area contributed by atoms with Crippen LogP contribution in [0.5, 0.6) is 0 Å². The van der Waals surface area contributed by atoms with E-state index in [0.717, 1.165) is 4.90 Å². The first-order valence-corrected chi connectivity index (χ1v) is 13.7. The fourth-order valence-electron chi connectivity index (χ4n) is 4.49. The number of benzene rings is 1. The summed E-state index contributed by atoms with van der Waals surface area (Å²) < 4.78 is 11.6. The highest BCUT2D eigenvalue weighted by molar-refractivity contribution is 6.23. The average molecular weight is 559 g/mol. The van der Waals surface area contributed by atoms with E-state index in [2.05, 4.69) is 16.0 Å². The van der Waals surface area contributed by atoms with Gasteiger partial charge in [-0.25, -0.2) is 0 Å². The van der Waals surface area contributed by atoms with E-state index in [1.807, 2.05) is 48.5 Å². The summed E-state index contributed by atoms with van der Waals surface area (Å²) in [5.41, 5.74) is -0.104. The van der Waals surface area contributed by atoms with Crippen molar-refractivity contribution in [3.8, 4) is 0 Å². The minimum atomic E-state index is -0.997. The van der Waals surface area contributed by atoms with Gasteiger partial charge in [0.2, 0.25) is 17.7 Å². The van der Waals surface area contributed by atoms with Crippen LogP contribution in [0.2, 0.25) is 0 Å². The van der Waals surface area contributed by atoms with Gasteiger partial charge in [0.25, 0.3) is 11.8 Å². The summed E-state index contributed by atoms with van der Waals surface area (Å²) in [6.45, 7) is 14.6. The van der Waals surface area contributed by atoms with Gasteiger partial charge in [0.05, 0.1) is 22.3 Å². The van der Waals surface area contributed by atoms with E-state index < -0.39 is 40.8 Å². The molecule has 1 atom stereocenters. The van der Waals surface area contributed by atoms with Crippen LogP contribution in [-0.4, -0.2) is 77.0 Å². The number of fused-ring (bicyclic) bond motifs is 1. The Morgan fingerprint density at radius 3 is 2.30 bits per heavy atom. The van der Waals surface area contributed by atoms with Gasteiger partial charge < -0.3 is 20.1 Å². The molecule has 1 aromatic rings. The number of carbonyl (C=O) groups excluding carboxylic acids is 5. The van der Waals surface area contributed by atoms with Crippen molar-refractivity contribution in [3.63, 3.8) is 0 Å². The Bertz CT molecular complexity index is 1170. The van der Waals surface area contributed by atoms with Crippen molar-refractivity contribution >= 4 is 35.2 Å². The van der Waals surface area contributed by atoms with E-state index in [1.54, 1.807) is 18.2 Å². The lowest BCUT2D eigenvalue weighted by Gasteiger charge is -2.31. The summed E-state index contributed by atoms with van der Waals surface area (Å²) in [7, 11) is 0. The quantitative estimate of drug-likeness (QED) is 0.333. The Hall–Kier alpha value is -3.31. The first kappa shape index (κ1) is 31.2. The number of amides is 5. The van der Waals surface area contributed by atoms with Crippen LogP contribution >= 0.6 is 0 Å². The molecule has 0 aromatic heterocycles. The lowest BCUT2D eigenvalue weighted by atomic mass is 9.99. The third-order valence-electron chi connectivity index (χ3n) is 6.83. The molecule has 0 bridgehead atoms. The second-order valence-electron chi connectivity index (χ2n) is 12.6. The van der Waals surface area contributed by atoms with Crippen molar-refractivity contribution in [1.29, 1.82) is 0 Å². The van der Waals surface area contributed by atoms with Gasteiger partial charge in [0.1, 0.15) is 12.6 Å². The van der Waals surface area contributed by atoms with E-state index in [4.69, 9.17) is 9.47 Å². The van der Waals surface area contributed by atoms with Gasteiger partial charge in [-0.1, -0.05) is 0 Å². The van der Waals surface area contributed by atoms with E-state index in [9.17, 15) is 24.0 Å². The highest BCUT2D eigenvalue weighted by Crippen LogP contribution is 2.31. The minimum Gasteiger partial charge on any atom is -0.380 e. The van der Waals surface area contributed by atoms with Crippen LogP contribution in [0.3, 0.4) is 0 Å². The van der Waals surface area contributed by atoms with Crippen molar-refractivity contribution in [2.24, 2.45) is 0 Å². The standard InChI is InChI=1S/C29H42N4O7/c1-27(2,3)40-17-23(35)30-14-12-29(6,7)39-15-13-28(4,5)32-18-8-9-19-20(16-18)26(38)33(25(19)37)21-10-11-22(34)31-24(21)36/h8-9,16,21,32H,10-15,17H2,1-7H3,(H,30,35)(H,31,34,36). The van der Waals surface area contributed by atoms with Crippen molar-refractivity contribution < 1.29 is 33.4 Å². The van der Waals surface area contributed by atoms with Crippen molar-refractivity contribution in [1.82, 2.24) is 15.5 Å². The maximum Gasteiger partial charge on any atom is 0.262 e.